The van der Waals surface area contributed by atoms with Crippen molar-refractivity contribution >= 4 is 29.9 Å². The Morgan fingerprint density at radius 2 is 2.29 bits per heavy atom. The number of hydrogen-bond acceptors (Lipinski definition) is 3. The monoisotopic (exact) mass is 449 g/mol. The van der Waals surface area contributed by atoms with Gasteiger partial charge in [0.15, 0.2) is 5.96 Å². The fourth-order valence-corrected chi connectivity index (χ4v) is 3.11. The second-order valence-corrected chi connectivity index (χ2v) is 6.41. The standard InChI is InChI=1S/C17H31N5O.HI/c1-14(22-9-10-23-13-15(22)2)11-19-17(18-3)21(5)12-16-7-6-8-20(16)4;/h6-8,14-15H,9-13H2,1-5H3,(H,18,19);1H. The van der Waals surface area contributed by atoms with E-state index in [4.69, 9.17) is 4.74 Å². The van der Waals surface area contributed by atoms with Crippen molar-refractivity contribution in [3.8, 4) is 0 Å². The second-order valence-electron chi connectivity index (χ2n) is 6.41. The van der Waals surface area contributed by atoms with Crippen molar-refractivity contribution in [2.24, 2.45) is 12.0 Å². The molecule has 2 rings (SSSR count). The normalized spacial score (nSPS) is 20.4. The van der Waals surface area contributed by atoms with Gasteiger partial charge in [0, 0.05) is 58.2 Å². The molecular weight excluding hydrogens is 417 g/mol. The molecule has 2 atom stereocenters. The van der Waals surface area contributed by atoms with Crippen molar-refractivity contribution in [3.05, 3.63) is 24.0 Å². The molecule has 0 amide bonds. The number of aromatic nitrogens is 1. The van der Waals surface area contributed by atoms with E-state index in [0.29, 0.717) is 12.1 Å². The average Bonchev–Trinajstić information content (AvgIpc) is 2.93. The number of nitrogens with zero attached hydrogens (tertiary/aromatic N) is 4. The first-order valence-electron chi connectivity index (χ1n) is 8.38. The number of aliphatic imine (C=N–C) groups is 1. The van der Waals surface area contributed by atoms with E-state index >= 15 is 0 Å². The highest BCUT2D eigenvalue weighted by Gasteiger charge is 2.23. The van der Waals surface area contributed by atoms with E-state index in [-0.39, 0.29) is 24.0 Å². The van der Waals surface area contributed by atoms with Crippen LogP contribution in [0.4, 0.5) is 0 Å². The van der Waals surface area contributed by atoms with E-state index in [9.17, 15) is 0 Å². The van der Waals surface area contributed by atoms with Gasteiger partial charge >= 0.3 is 0 Å². The Bertz CT molecular complexity index is 519. The van der Waals surface area contributed by atoms with E-state index in [1.54, 1.807) is 0 Å². The summed E-state index contributed by atoms with van der Waals surface area (Å²) in [4.78, 5) is 9.07. The van der Waals surface area contributed by atoms with E-state index < -0.39 is 0 Å². The fourth-order valence-electron chi connectivity index (χ4n) is 3.11. The van der Waals surface area contributed by atoms with Crippen LogP contribution in [0.5, 0.6) is 0 Å². The summed E-state index contributed by atoms with van der Waals surface area (Å²) in [6, 6.07) is 5.14. The lowest BCUT2D eigenvalue weighted by molar-refractivity contribution is -0.0175. The number of aryl methyl sites for hydroxylation is 1. The van der Waals surface area contributed by atoms with Crippen LogP contribution in [0.25, 0.3) is 0 Å². The van der Waals surface area contributed by atoms with Crippen molar-refractivity contribution < 1.29 is 4.74 Å². The Morgan fingerprint density at radius 1 is 1.54 bits per heavy atom. The summed E-state index contributed by atoms with van der Waals surface area (Å²) >= 11 is 0. The van der Waals surface area contributed by atoms with Gasteiger partial charge in [0.05, 0.1) is 19.8 Å². The first-order valence-corrected chi connectivity index (χ1v) is 8.38. The molecule has 0 saturated carbocycles. The largest absolute Gasteiger partial charge is 0.379 e. The molecule has 2 heterocycles. The minimum Gasteiger partial charge on any atom is -0.379 e. The van der Waals surface area contributed by atoms with Crippen molar-refractivity contribution in [2.75, 3.05) is 40.4 Å². The van der Waals surface area contributed by atoms with Gasteiger partial charge in [0.25, 0.3) is 0 Å². The van der Waals surface area contributed by atoms with Crippen LogP contribution in [0.2, 0.25) is 0 Å². The molecule has 138 valence electrons. The summed E-state index contributed by atoms with van der Waals surface area (Å²) < 4.78 is 7.66. The first-order chi connectivity index (χ1) is 11.0. The van der Waals surface area contributed by atoms with E-state index in [1.165, 1.54) is 5.69 Å². The van der Waals surface area contributed by atoms with Gasteiger partial charge < -0.3 is 19.5 Å². The third-order valence-corrected chi connectivity index (χ3v) is 4.56. The van der Waals surface area contributed by atoms with E-state index in [1.807, 2.05) is 7.05 Å². The van der Waals surface area contributed by atoms with Crippen molar-refractivity contribution in [2.45, 2.75) is 32.5 Å². The zero-order chi connectivity index (χ0) is 16.8. The van der Waals surface area contributed by atoms with Crippen LogP contribution < -0.4 is 5.32 Å². The fraction of sp³-hybridized carbons (Fsp3) is 0.706. The summed E-state index contributed by atoms with van der Waals surface area (Å²) in [7, 11) is 5.98. The molecule has 1 aromatic heterocycles. The summed E-state index contributed by atoms with van der Waals surface area (Å²) in [5, 5.41) is 3.50. The van der Waals surface area contributed by atoms with Gasteiger partial charge in [-0.2, -0.15) is 0 Å². The Hall–Kier alpha value is -0.800. The second kappa shape index (κ2) is 10.2. The Balaban J connectivity index is 0.00000288. The molecule has 0 spiro atoms. The minimum absolute atomic E-state index is 0. The summed E-state index contributed by atoms with van der Waals surface area (Å²) in [5.74, 6) is 0.930. The predicted molar refractivity (Wildman–Crippen MR) is 110 cm³/mol. The molecule has 24 heavy (non-hydrogen) atoms. The highest BCUT2D eigenvalue weighted by Crippen LogP contribution is 2.10. The van der Waals surface area contributed by atoms with Crippen LogP contribution in [0.1, 0.15) is 19.5 Å². The zero-order valence-electron chi connectivity index (χ0n) is 15.5. The van der Waals surface area contributed by atoms with Crippen LogP contribution >= 0.6 is 24.0 Å². The molecule has 6 nitrogen and oxygen atoms in total. The van der Waals surface area contributed by atoms with Gasteiger partial charge in [-0.3, -0.25) is 9.89 Å². The molecule has 2 unspecified atom stereocenters. The van der Waals surface area contributed by atoms with Crippen LogP contribution in [-0.2, 0) is 18.3 Å². The number of guanidine groups is 1. The maximum Gasteiger partial charge on any atom is 0.193 e. The Morgan fingerprint density at radius 3 is 2.88 bits per heavy atom. The molecule has 1 saturated heterocycles. The number of morpholine rings is 1. The van der Waals surface area contributed by atoms with Gasteiger partial charge in [-0.25, -0.2) is 0 Å². The van der Waals surface area contributed by atoms with Crippen LogP contribution in [0, 0.1) is 0 Å². The maximum absolute atomic E-state index is 5.52. The molecule has 1 fully saturated rings. The van der Waals surface area contributed by atoms with Gasteiger partial charge in [0.1, 0.15) is 0 Å². The first kappa shape index (κ1) is 21.2. The van der Waals surface area contributed by atoms with Crippen molar-refractivity contribution in [3.63, 3.8) is 0 Å². The number of halogens is 1. The quantitative estimate of drug-likeness (QED) is 0.423. The summed E-state index contributed by atoms with van der Waals surface area (Å²) in [6.45, 7) is 8.87. The molecule has 0 aliphatic carbocycles. The summed E-state index contributed by atoms with van der Waals surface area (Å²) in [5.41, 5.74) is 1.27. The van der Waals surface area contributed by atoms with E-state index in [2.05, 4.69) is 70.9 Å². The minimum atomic E-state index is 0. The van der Waals surface area contributed by atoms with Crippen LogP contribution in [-0.4, -0.2) is 72.8 Å². The van der Waals surface area contributed by atoms with E-state index in [0.717, 1.165) is 38.8 Å². The lowest BCUT2D eigenvalue weighted by atomic mass is 10.2. The van der Waals surface area contributed by atoms with Gasteiger partial charge in [-0.05, 0) is 26.0 Å². The average molecular weight is 449 g/mol. The molecule has 0 aromatic carbocycles. The smallest absolute Gasteiger partial charge is 0.193 e. The van der Waals surface area contributed by atoms with Crippen molar-refractivity contribution in [1.29, 1.82) is 0 Å². The zero-order valence-corrected chi connectivity index (χ0v) is 17.9. The van der Waals surface area contributed by atoms with Crippen LogP contribution in [0.15, 0.2) is 23.3 Å². The maximum atomic E-state index is 5.52. The third-order valence-electron chi connectivity index (χ3n) is 4.56. The highest BCUT2D eigenvalue weighted by molar-refractivity contribution is 14.0. The summed E-state index contributed by atoms with van der Waals surface area (Å²) in [6.07, 6.45) is 2.07. The molecule has 1 N–H and O–H groups in total. The van der Waals surface area contributed by atoms with Gasteiger partial charge in [-0.15, -0.1) is 24.0 Å². The topological polar surface area (TPSA) is 45.0 Å². The lowest BCUT2D eigenvalue weighted by Gasteiger charge is -2.38. The highest BCUT2D eigenvalue weighted by atomic mass is 127. The van der Waals surface area contributed by atoms with Crippen molar-refractivity contribution in [1.82, 2.24) is 19.7 Å². The number of hydrogen-bond donors (Lipinski definition) is 1. The molecule has 0 bridgehead atoms. The Kier molecular flexibility index (Phi) is 9.07. The number of ether oxygens (including phenoxy) is 1. The molecular formula is C17H32IN5O. The van der Waals surface area contributed by atoms with Crippen LogP contribution in [0.3, 0.4) is 0 Å². The number of rotatable bonds is 5. The molecule has 7 heteroatoms. The Labute approximate surface area is 163 Å². The third kappa shape index (κ3) is 5.63. The number of nitrogens with one attached hydrogen (secondary N) is 1. The van der Waals surface area contributed by atoms with Gasteiger partial charge in [0.2, 0.25) is 0 Å². The molecule has 0 radical (unpaired) electrons. The predicted octanol–water partition coefficient (Wildman–Crippen LogP) is 1.76. The van der Waals surface area contributed by atoms with Gasteiger partial charge in [-0.1, -0.05) is 0 Å². The molecule has 1 aliphatic rings. The SMILES string of the molecule is CN=C(NCC(C)N1CCOCC1C)N(C)Cc1cccn1C.I. The molecule has 1 aliphatic heterocycles. The lowest BCUT2D eigenvalue weighted by Crippen LogP contribution is -2.53. The molecule has 1 aromatic rings.